The van der Waals surface area contributed by atoms with E-state index in [9.17, 15) is 4.79 Å². The predicted molar refractivity (Wildman–Crippen MR) is 66.4 cm³/mol. The van der Waals surface area contributed by atoms with Crippen LogP contribution in [0.5, 0.6) is 0 Å². The Balaban J connectivity index is 2.06. The van der Waals surface area contributed by atoms with Gasteiger partial charge in [-0.15, -0.1) is 0 Å². The molecule has 0 radical (unpaired) electrons. The van der Waals surface area contributed by atoms with Crippen LogP contribution in [0.25, 0.3) is 0 Å². The molecule has 0 atom stereocenters. The molecule has 2 N–H and O–H groups in total. The molecule has 1 aliphatic rings. The maximum absolute atomic E-state index is 10.9. The Kier molecular flexibility index (Phi) is 3.61. The quantitative estimate of drug-likeness (QED) is 0.844. The lowest BCUT2D eigenvalue weighted by molar-refractivity contribution is 0.0695. The van der Waals surface area contributed by atoms with Crippen molar-refractivity contribution in [3.63, 3.8) is 0 Å². The summed E-state index contributed by atoms with van der Waals surface area (Å²) in [6.45, 7) is 1.73. The normalized spacial score (nSPS) is 16.8. The fourth-order valence-electron chi connectivity index (χ4n) is 2.32. The monoisotopic (exact) mass is 234 g/mol. The van der Waals surface area contributed by atoms with E-state index in [2.05, 4.69) is 10.3 Å². The number of aromatic nitrogens is 1. The highest BCUT2D eigenvalue weighted by atomic mass is 16.4. The molecule has 0 aliphatic heterocycles. The molecule has 0 aromatic carbocycles. The minimum atomic E-state index is -0.917. The maximum atomic E-state index is 10.9. The number of carbonyl (C=O) groups is 1. The number of aromatic carboxylic acids is 1. The highest BCUT2D eigenvalue weighted by Gasteiger charge is 2.14. The van der Waals surface area contributed by atoms with Gasteiger partial charge in [0.05, 0.1) is 11.3 Å². The predicted octanol–water partition coefficient (Wildman–Crippen LogP) is 2.83. The SMILES string of the molecule is Cc1nc(NC2CCCCC2)ccc1C(=O)O. The average molecular weight is 234 g/mol. The summed E-state index contributed by atoms with van der Waals surface area (Å²) >= 11 is 0. The zero-order valence-electron chi connectivity index (χ0n) is 10.1. The highest BCUT2D eigenvalue weighted by Crippen LogP contribution is 2.21. The molecule has 1 fully saturated rings. The number of anilines is 1. The number of aryl methyl sites for hydroxylation is 1. The van der Waals surface area contributed by atoms with Gasteiger partial charge in [0, 0.05) is 6.04 Å². The van der Waals surface area contributed by atoms with E-state index in [1.54, 1.807) is 19.1 Å². The first kappa shape index (κ1) is 11.9. The molecule has 4 nitrogen and oxygen atoms in total. The molecule has 2 rings (SSSR count). The van der Waals surface area contributed by atoms with Gasteiger partial charge in [0.1, 0.15) is 5.82 Å². The third kappa shape index (κ3) is 2.96. The Labute approximate surface area is 101 Å². The maximum Gasteiger partial charge on any atom is 0.337 e. The summed E-state index contributed by atoms with van der Waals surface area (Å²) in [5, 5.41) is 12.3. The lowest BCUT2D eigenvalue weighted by Gasteiger charge is -2.23. The summed E-state index contributed by atoms with van der Waals surface area (Å²) < 4.78 is 0. The van der Waals surface area contributed by atoms with Crippen LogP contribution in [0.3, 0.4) is 0 Å². The lowest BCUT2D eigenvalue weighted by Crippen LogP contribution is -2.23. The standard InChI is InChI=1S/C13H18N2O2/c1-9-11(13(16)17)7-8-12(14-9)15-10-5-3-2-4-6-10/h7-8,10H,2-6H2,1H3,(H,14,15)(H,16,17). The summed E-state index contributed by atoms with van der Waals surface area (Å²) in [5.41, 5.74) is 0.845. The van der Waals surface area contributed by atoms with Gasteiger partial charge in [-0.1, -0.05) is 19.3 Å². The topological polar surface area (TPSA) is 62.2 Å². The number of hydrogen-bond acceptors (Lipinski definition) is 3. The van der Waals surface area contributed by atoms with E-state index in [0.29, 0.717) is 11.7 Å². The minimum Gasteiger partial charge on any atom is -0.478 e. The highest BCUT2D eigenvalue weighted by molar-refractivity contribution is 5.89. The third-order valence-electron chi connectivity index (χ3n) is 3.27. The van der Waals surface area contributed by atoms with Crippen LogP contribution in [0.2, 0.25) is 0 Å². The van der Waals surface area contributed by atoms with Crippen LogP contribution in [0, 0.1) is 6.92 Å². The zero-order chi connectivity index (χ0) is 12.3. The molecular weight excluding hydrogens is 216 g/mol. The Bertz CT molecular complexity index is 412. The fraction of sp³-hybridized carbons (Fsp3) is 0.538. The fourth-order valence-corrected chi connectivity index (χ4v) is 2.32. The molecule has 1 heterocycles. The molecular formula is C13H18N2O2. The second-order valence-corrected chi connectivity index (χ2v) is 4.61. The van der Waals surface area contributed by atoms with Crippen LogP contribution in [0.1, 0.15) is 48.2 Å². The van der Waals surface area contributed by atoms with Gasteiger partial charge in [0.15, 0.2) is 0 Å². The van der Waals surface area contributed by atoms with E-state index in [1.807, 2.05) is 0 Å². The van der Waals surface area contributed by atoms with Crippen LogP contribution >= 0.6 is 0 Å². The van der Waals surface area contributed by atoms with Gasteiger partial charge >= 0.3 is 5.97 Å². The Hall–Kier alpha value is -1.58. The van der Waals surface area contributed by atoms with Crippen molar-refractivity contribution in [1.29, 1.82) is 0 Å². The van der Waals surface area contributed by atoms with Crippen LogP contribution in [-0.2, 0) is 0 Å². The van der Waals surface area contributed by atoms with Crippen LogP contribution < -0.4 is 5.32 Å². The van der Waals surface area contributed by atoms with Crippen molar-refractivity contribution >= 4 is 11.8 Å². The molecule has 0 unspecified atom stereocenters. The number of nitrogens with one attached hydrogen (secondary N) is 1. The molecule has 17 heavy (non-hydrogen) atoms. The molecule has 0 amide bonds. The van der Waals surface area contributed by atoms with Gasteiger partial charge in [-0.2, -0.15) is 0 Å². The number of rotatable bonds is 3. The number of carboxylic acids is 1. The Morgan fingerprint density at radius 1 is 1.35 bits per heavy atom. The van der Waals surface area contributed by atoms with Gasteiger partial charge < -0.3 is 10.4 Å². The largest absolute Gasteiger partial charge is 0.478 e. The van der Waals surface area contributed by atoms with Gasteiger partial charge in [-0.25, -0.2) is 9.78 Å². The van der Waals surface area contributed by atoms with Crippen molar-refractivity contribution in [2.24, 2.45) is 0 Å². The molecule has 0 bridgehead atoms. The van der Waals surface area contributed by atoms with Crippen LogP contribution in [0.15, 0.2) is 12.1 Å². The average Bonchev–Trinajstić information content (AvgIpc) is 2.30. The number of hydrogen-bond donors (Lipinski definition) is 2. The summed E-state index contributed by atoms with van der Waals surface area (Å²) in [7, 11) is 0. The van der Waals surface area contributed by atoms with Crippen molar-refractivity contribution in [2.45, 2.75) is 45.1 Å². The molecule has 0 spiro atoms. The first-order valence-electron chi connectivity index (χ1n) is 6.14. The first-order chi connectivity index (χ1) is 8.16. The molecule has 1 aliphatic carbocycles. The number of carboxylic acid groups (broad SMARTS) is 1. The molecule has 1 aromatic heterocycles. The zero-order valence-corrected chi connectivity index (χ0v) is 10.1. The minimum absolute atomic E-state index is 0.277. The van der Waals surface area contributed by atoms with Crippen molar-refractivity contribution < 1.29 is 9.90 Å². The summed E-state index contributed by atoms with van der Waals surface area (Å²) in [6.07, 6.45) is 6.22. The van der Waals surface area contributed by atoms with Crippen LogP contribution in [-0.4, -0.2) is 22.1 Å². The van der Waals surface area contributed by atoms with E-state index in [0.717, 1.165) is 5.82 Å². The van der Waals surface area contributed by atoms with Crippen molar-refractivity contribution in [3.05, 3.63) is 23.4 Å². The Morgan fingerprint density at radius 3 is 2.65 bits per heavy atom. The number of pyridine rings is 1. The molecule has 0 saturated heterocycles. The van der Waals surface area contributed by atoms with Crippen molar-refractivity contribution in [2.75, 3.05) is 5.32 Å². The van der Waals surface area contributed by atoms with Gasteiger partial charge in [0.25, 0.3) is 0 Å². The number of nitrogens with zero attached hydrogens (tertiary/aromatic N) is 1. The van der Waals surface area contributed by atoms with Gasteiger partial charge in [-0.05, 0) is 31.9 Å². The van der Waals surface area contributed by atoms with Gasteiger partial charge in [-0.3, -0.25) is 0 Å². The molecule has 92 valence electrons. The summed E-state index contributed by atoms with van der Waals surface area (Å²) in [4.78, 5) is 15.2. The molecule has 1 aromatic rings. The molecule has 1 saturated carbocycles. The van der Waals surface area contributed by atoms with E-state index in [-0.39, 0.29) is 5.56 Å². The lowest BCUT2D eigenvalue weighted by atomic mass is 9.95. The van der Waals surface area contributed by atoms with E-state index >= 15 is 0 Å². The van der Waals surface area contributed by atoms with Crippen molar-refractivity contribution in [3.8, 4) is 0 Å². The van der Waals surface area contributed by atoms with E-state index < -0.39 is 5.97 Å². The van der Waals surface area contributed by atoms with Crippen LogP contribution in [0.4, 0.5) is 5.82 Å². The second kappa shape index (κ2) is 5.17. The summed E-state index contributed by atoms with van der Waals surface area (Å²) in [6, 6.07) is 3.87. The van der Waals surface area contributed by atoms with Crippen molar-refractivity contribution in [1.82, 2.24) is 4.98 Å². The van der Waals surface area contributed by atoms with E-state index in [4.69, 9.17) is 5.11 Å². The third-order valence-corrected chi connectivity index (χ3v) is 3.27. The second-order valence-electron chi connectivity index (χ2n) is 4.61. The smallest absolute Gasteiger partial charge is 0.337 e. The molecule has 4 heteroatoms. The summed E-state index contributed by atoms with van der Waals surface area (Å²) in [5.74, 6) is -0.126. The Morgan fingerprint density at radius 2 is 2.06 bits per heavy atom. The van der Waals surface area contributed by atoms with E-state index in [1.165, 1.54) is 32.1 Å². The first-order valence-corrected chi connectivity index (χ1v) is 6.14. The van der Waals surface area contributed by atoms with Gasteiger partial charge in [0.2, 0.25) is 0 Å².